The highest BCUT2D eigenvalue weighted by molar-refractivity contribution is 5.99. The van der Waals surface area contributed by atoms with Crippen molar-refractivity contribution in [3.05, 3.63) is 29.3 Å². The molecule has 27 heavy (non-hydrogen) atoms. The van der Waals surface area contributed by atoms with Crippen LogP contribution in [0.4, 0.5) is 18.9 Å². The van der Waals surface area contributed by atoms with E-state index < -0.39 is 17.6 Å². The van der Waals surface area contributed by atoms with Crippen molar-refractivity contribution in [3.63, 3.8) is 0 Å². The molecule has 1 N–H and O–H groups in total. The van der Waals surface area contributed by atoms with Crippen molar-refractivity contribution in [1.29, 1.82) is 0 Å². The highest BCUT2D eigenvalue weighted by atomic mass is 19.4. The van der Waals surface area contributed by atoms with E-state index in [1.807, 2.05) is 7.05 Å². The van der Waals surface area contributed by atoms with Crippen molar-refractivity contribution in [1.82, 2.24) is 10.2 Å². The standard InChI is InChI=1S/C19H24F3N3O2/c1-23-11-13-4-2-6-24(12-13)18(27)14-8-15(19(20,21)22)10-16(9-14)25-7-3-5-17(25)26/h8-10,13,23H,2-7,11-12H2,1H3. The van der Waals surface area contributed by atoms with Crippen LogP contribution in [0.3, 0.4) is 0 Å². The predicted molar refractivity (Wildman–Crippen MR) is 95.6 cm³/mol. The second kappa shape index (κ2) is 7.88. The van der Waals surface area contributed by atoms with E-state index in [4.69, 9.17) is 0 Å². The Labute approximate surface area is 156 Å². The summed E-state index contributed by atoms with van der Waals surface area (Å²) >= 11 is 0. The molecular weight excluding hydrogens is 359 g/mol. The number of amides is 2. The lowest BCUT2D eigenvalue weighted by molar-refractivity contribution is -0.137. The molecule has 3 rings (SSSR count). The smallest absolute Gasteiger partial charge is 0.338 e. The van der Waals surface area contributed by atoms with E-state index in [2.05, 4.69) is 5.32 Å². The number of nitrogens with zero attached hydrogens (tertiary/aromatic N) is 2. The number of hydrogen-bond donors (Lipinski definition) is 1. The first-order valence-electron chi connectivity index (χ1n) is 9.26. The summed E-state index contributed by atoms with van der Waals surface area (Å²) < 4.78 is 40.1. The molecule has 2 amide bonds. The SMILES string of the molecule is CNCC1CCCN(C(=O)c2cc(N3CCCC3=O)cc(C(F)(F)F)c2)C1. The molecule has 148 valence electrons. The third-order valence-corrected chi connectivity index (χ3v) is 5.18. The monoisotopic (exact) mass is 383 g/mol. The number of nitrogens with one attached hydrogen (secondary N) is 1. The predicted octanol–water partition coefficient (Wildman–Crippen LogP) is 2.90. The van der Waals surface area contributed by atoms with E-state index in [9.17, 15) is 22.8 Å². The zero-order valence-corrected chi connectivity index (χ0v) is 15.3. The number of piperidine rings is 1. The minimum atomic E-state index is -4.58. The maximum absolute atomic E-state index is 13.4. The van der Waals surface area contributed by atoms with Gasteiger partial charge in [-0.05, 0) is 57.0 Å². The van der Waals surface area contributed by atoms with Gasteiger partial charge in [-0.3, -0.25) is 9.59 Å². The van der Waals surface area contributed by atoms with E-state index in [1.165, 1.54) is 11.0 Å². The molecule has 0 radical (unpaired) electrons. The summed E-state index contributed by atoms with van der Waals surface area (Å²) in [6.45, 7) is 2.20. The zero-order valence-electron chi connectivity index (χ0n) is 15.3. The third kappa shape index (κ3) is 4.43. The molecule has 2 saturated heterocycles. The average molecular weight is 383 g/mol. The number of likely N-dealkylation sites (tertiary alicyclic amines) is 1. The molecule has 0 aromatic heterocycles. The highest BCUT2D eigenvalue weighted by Gasteiger charge is 2.34. The topological polar surface area (TPSA) is 52.7 Å². The molecular formula is C19H24F3N3O2. The van der Waals surface area contributed by atoms with Crippen LogP contribution in [0.15, 0.2) is 18.2 Å². The van der Waals surface area contributed by atoms with Crippen molar-refractivity contribution >= 4 is 17.5 Å². The minimum absolute atomic E-state index is 0.00960. The molecule has 0 saturated carbocycles. The van der Waals surface area contributed by atoms with Gasteiger partial charge in [0.1, 0.15) is 0 Å². The number of carbonyl (C=O) groups is 2. The van der Waals surface area contributed by atoms with Crippen LogP contribution in [0.25, 0.3) is 0 Å². The van der Waals surface area contributed by atoms with E-state index in [0.717, 1.165) is 31.5 Å². The number of anilines is 1. The Bertz CT molecular complexity index is 719. The molecule has 0 spiro atoms. The summed E-state index contributed by atoms with van der Waals surface area (Å²) in [5.74, 6) is -0.326. The Morgan fingerprint density at radius 3 is 2.63 bits per heavy atom. The lowest BCUT2D eigenvalue weighted by Gasteiger charge is -2.33. The van der Waals surface area contributed by atoms with Gasteiger partial charge in [0, 0.05) is 37.3 Å². The Morgan fingerprint density at radius 2 is 2.00 bits per heavy atom. The van der Waals surface area contributed by atoms with Crippen molar-refractivity contribution in [3.8, 4) is 0 Å². The van der Waals surface area contributed by atoms with Gasteiger partial charge in [0.25, 0.3) is 5.91 Å². The number of carbonyl (C=O) groups excluding carboxylic acids is 2. The lowest BCUT2D eigenvalue weighted by Crippen LogP contribution is -2.42. The Balaban J connectivity index is 1.91. The number of rotatable bonds is 4. The fourth-order valence-corrected chi connectivity index (χ4v) is 3.86. The average Bonchev–Trinajstić information content (AvgIpc) is 3.06. The third-order valence-electron chi connectivity index (χ3n) is 5.18. The molecule has 0 bridgehead atoms. The van der Waals surface area contributed by atoms with Crippen molar-refractivity contribution < 1.29 is 22.8 Å². The molecule has 1 atom stereocenters. The van der Waals surface area contributed by atoms with E-state index in [0.29, 0.717) is 32.5 Å². The largest absolute Gasteiger partial charge is 0.416 e. The molecule has 1 unspecified atom stereocenters. The van der Waals surface area contributed by atoms with Gasteiger partial charge < -0.3 is 15.1 Å². The van der Waals surface area contributed by atoms with Gasteiger partial charge in [-0.1, -0.05) is 0 Å². The van der Waals surface area contributed by atoms with Crippen molar-refractivity contribution in [2.24, 2.45) is 5.92 Å². The maximum Gasteiger partial charge on any atom is 0.416 e. The second-order valence-corrected chi connectivity index (χ2v) is 7.23. The summed E-state index contributed by atoms with van der Waals surface area (Å²) in [4.78, 5) is 27.8. The zero-order chi connectivity index (χ0) is 19.6. The fourth-order valence-electron chi connectivity index (χ4n) is 3.86. The molecule has 1 aromatic rings. The molecule has 0 aliphatic carbocycles. The van der Waals surface area contributed by atoms with Gasteiger partial charge in [-0.15, -0.1) is 0 Å². The van der Waals surface area contributed by atoms with Crippen LogP contribution in [0.2, 0.25) is 0 Å². The molecule has 2 heterocycles. The quantitative estimate of drug-likeness (QED) is 0.870. The molecule has 5 nitrogen and oxygen atoms in total. The molecule has 2 fully saturated rings. The Hall–Kier alpha value is -2.09. The molecule has 2 aliphatic heterocycles. The van der Waals surface area contributed by atoms with Gasteiger partial charge in [-0.2, -0.15) is 13.2 Å². The number of hydrogen-bond acceptors (Lipinski definition) is 3. The van der Waals surface area contributed by atoms with Crippen molar-refractivity contribution in [2.75, 3.05) is 38.1 Å². The first-order valence-corrected chi connectivity index (χ1v) is 9.26. The van der Waals surface area contributed by atoms with Gasteiger partial charge in [0.2, 0.25) is 5.91 Å². The number of benzene rings is 1. The first kappa shape index (κ1) is 19.7. The minimum Gasteiger partial charge on any atom is -0.338 e. The molecule has 1 aromatic carbocycles. The van der Waals surface area contributed by atoms with Crippen LogP contribution in [0.1, 0.15) is 41.6 Å². The van der Waals surface area contributed by atoms with Crippen molar-refractivity contribution in [2.45, 2.75) is 31.9 Å². The summed E-state index contributed by atoms with van der Waals surface area (Å²) in [6, 6.07) is 3.27. The van der Waals surface area contributed by atoms with E-state index in [-0.39, 0.29) is 23.1 Å². The van der Waals surface area contributed by atoms with Crippen LogP contribution in [-0.2, 0) is 11.0 Å². The lowest BCUT2D eigenvalue weighted by atomic mass is 9.97. The van der Waals surface area contributed by atoms with Gasteiger partial charge in [0.15, 0.2) is 0 Å². The van der Waals surface area contributed by atoms with Crippen LogP contribution in [0.5, 0.6) is 0 Å². The van der Waals surface area contributed by atoms with Gasteiger partial charge in [-0.25, -0.2) is 0 Å². The summed E-state index contributed by atoms with van der Waals surface area (Å²) in [5, 5.41) is 3.09. The Kier molecular flexibility index (Phi) is 5.74. The summed E-state index contributed by atoms with van der Waals surface area (Å²) in [5.41, 5.74) is -0.754. The van der Waals surface area contributed by atoms with E-state index in [1.54, 1.807) is 4.90 Å². The molecule has 2 aliphatic rings. The van der Waals surface area contributed by atoms with Crippen LogP contribution < -0.4 is 10.2 Å². The summed E-state index contributed by atoms with van der Waals surface area (Å²) in [6.07, 6.45) is -1.84. The van der Waals surface area contributed by atoms with E-state index >= 15 is 0 Å². The molecule has 8 heteroatoms. The van der Waals surface area contributed by atoms with Crippen LogP contribution in [0, 0.1) is 5.92 Å². The highest BCUT2D eigenvalue weighted by Crippen LogP contribution is 2.34. The van der Waals surface area contributed by atoms with Crippen LogP contribution in [-0.4, -0.2) is 49.9 Å². The summed E-state index contributed by atoms with van der Waals surface area (Å²) in [7, 11) is 1.84. The Morgan fingerprint density at radius 1 is 1.22 bits per heavy atom. The second-order valence-electron chi connectivity index (χ2n) is 7.23. The fraction of sp³-hybridized carbons (Fsp3) is 0.579. The van der Waals surface area contributed by atoms with Gasteiger partial charge in [0.05, 0.1) is 5.56 Å². The normalized spacial score (nSPS) is 21.0. The maximum atomic E-state index is 13.4. The number of halogens is 3. The van der Waals surface area contributed by atoms with Crippen LogP contribution >= 0.6 is 0 Å². The first-order chi connectivity index (χ1) is 12.8. The van der Waals surface area contributed by atoms with Gasteiger partial charge >= 0.3 is 6.18 Å². The number of alkyl halides is 3.